The molecule has 2 N–H and O–H groups in total. The van der Waals surface area contributed by atoms with Crippen molar-refractivity contribution in [1.82, 2.24) is 9.88 Å². The zero-order valence-electron chi connectivity index (χ0n) is 12.9. The molecule has 1 saturated heterocycles. The molecular formula is C16H19N3O3S. The van der Waals surface area contributed by atoms with E-state index in [0.717, 1.165) is 54.7 Å². The van der Waals surface area contributed by atoms with Crippen molar-refractivity contribution in [1.29, 1.82) is 0 Å². The first-order valence-electron chi connectivity index (χ1n) is 7.52. The van der Waals surface area contributed by atoms with Crippen LogP contribution in [-0.4, -0.2) is 42.1 Å². The average molecular weight is 333 g/mol. The number of nitrogens with zero attached hydrogens (tertiary/aromatic N) is 1. The highest BCUT2D eigenvalue weighted by atomic mass is 32.1. The molecule has 0 bridgehead atoms. The van der Waals surface area contributed by atoms with Crippen LogP contribution in [0.4, 0.5) is 5.69 Å². The number of morpholine rings is 1. The monoisotopic (exact) mass is 333 g/mol. The molecule has 0 saturated carbocycles. The lowest BCUT2D eigenvalue weighted by Crippen LogP contribution is -2.35. The summed E-state index contributed by atoms with van der Waals surface area (Å²) in [6, 6.07) is 7.51. The molecule has 1 amide bonds. The molecular weight excluding hydrogens is 314 g/mol. The SMILES string of the molecule is CC(=O)Nc1cccc(-c2[nH]c(=O)sc2CN2CCOCC2)c1. The predicted molar refractivity (Wildman–Crippen MR) is 90.8 cm³/mol. The second-order valence-corrected chi connectivity index (χ2v) is 6.53. The molecule has 6 nitrogen and oxygen atoms in total. The number of anilines is 1. The Morgan fingerprint density at radius 1 is 1.39 bits per heavy atom. The Morgan fingerprint density at radius 3 is 2.91 bits per heavy atom. The molecule has 1 fully saturated rings. The van der Waals surface area contributed by atoms with Gasteiger partial charge in [0.1, 0.15) is 0 Å². The van der Waals surface area contributed by atoms with E-state index in [1.165, 1.54) is 18.3 Å². The second kappa shape index (κ2) is 7.08. The molecule has 0 spiro atoms. The van der Waals surface area contributed by atoms with Crippen LogP contribution in [-0.2, 0) is 16.1 Å². The highest BCUT2D eigenvalue weighted by Crippen LogP contribution is 2.27. The van der Waals surface area contributed by atoms with Gasteiger partial charge in [-0.15, -0.1) is 0 Å². The number of rotatable bonds is 4. The van der Waals surface area contributed by atoms with Gasteiger partial charge in [-0.1, -0.05) is 23.5 Å². The number of H-pyrrole nitrogens is 1. The summed E-state index contributed by atoms with van der Waals surface area (Å²) >= 11 is 1.24. The number of aromatic nitrogens is 1. The minimum atomic E-state index is -0.116. The Balaban J connectivity index is 1.87. The number of carbonyl (C=O) groups excluding carboxylic acids is 1. The molecule has 0 atom stereocenters. The first-order valence-corrected chi connectivity index (χ1v) is 8.33. The summed E-state index contributed by atoms with van der Waals surface area (Å²) in [5, 5.41) is 2.77. The number of carbonyl (C=O) groups is 1. The van der Waals surface area contributed by atoms with Crippen molar-refractivity contribution in [3.8, 4) is 11.3 Å². The molecule has 2 heterocycles. The van der Waals surface area contributed by atoms with Gasteiger partial charge in [-0.05, 0) is 12.1 Å². The van der Waals surface area contributed by atoms with Crippen LogP contribution in [0, 0.1) is 0 Å². The number of thiazole rings is 1. The lowest BCUT2D eigenvalue weighted by molar-refractivity contribution is -0.114. The van der Waals surface area contributed by atoms with Gasteiger partial charge < -0.3 is 15.0 Å². The van der Waals surface area contributed by atoms with Crippen molar-refractivity contribution < 1.29 is 9.53 Å². The molecule has 2 aromatic rings. The summed E-state index contributed by atoms with van der Waals surface area (Å²) in [6.07, 6.45) is 0. The maximum atomic E-state index is 11.8. The molecule has 1 aromatic heterocycles. The zero-order valence-corrected chi connectivity index (χ0v) is 13.7. The molecule has 0 aliphatic carbocycles. The van der Waals surface area contributed by atoms with Gasteiger partial charge in [-0.3, -0.25) is 14.5 Å². The van der Waals surface area contributed by atoms with E-state index in [1.807, 2.05) is 24.3 Å². The van der Waals surface area contributed by atoms with E-state index in [2.05, 4.69) is 15.2 Å². The highest BCUT2D eigenvalue weighted by Gasteiger charge is 2.16. The topological polar surface area (TPSA) is 74.4 Å². The quantitative estimate of drug-likeness (QED) is 0.896. The number of aromatic amines is 1. The lowest BCUT2D eigenvalue weighted by Gasteiger charge is -2.26. The van der Waals surface area contributed by atoms with Crippen LogP contribution in [0.25, 0.3) is 11.3 Å². The van der Waals surface area contributed by atoms with Gasteiger partial charge in [0.2, 0.25) is 5.91 Å². The number of benzene rings is 1. The van der Waals surface area contributed by atoms with Crippen LogP contribution in [0.5, 0.6) is 0 Å². The Morgan fingerprint density at radius 2 is 2.17 bits per heavy atom. The zero-order chi connectivity index (χ0) is 16.2. The van der Waals surface area contributed by atoms with Gasteiger partial charge in [0.15, 0.2) is 0 Å². The minimum absolute atomic E-state index is 0.0619. The van der Waals surface area contributed by atoms with Gasteiger partial charge in [0.25, 0.3) is 0 Å². The van der Waals surface area contributed by atoms with Gasteiger partial charge in [0.05, 0.1) is 18.9 Å². The van der Waals surface area contributed by atoms with Crippen LogP contribution < -0.4 is 10.2 Å². The third-order valence-electron chi connectivity index (χ3n) is 3.66. The van der Waals surface area contributed by atoms with Gasteiger partial charge in [-0.2, -0.15) is 0 Å². The van der Waals surface area contributed by atoms with Crippen molar-refractivity contribution in [3.63, 3.8) is 0 Å². The second-order valence-electron chi connectivity index (χ2n) is 5.46. The normalized spacial score (nSPS) is 15.5. The van der Waals surface area contributed by atoms with E-state index < -0.39 is 0 Å². The molecule has 23 heavy (non-hydrogen) atoms. The van der Waals surface area contributed by atoms with E-state index in [4.69, 9.17) is 4.74 Å². The van der Waals surface area contributed by atoms with Crippen molar-refractivity contribution in [2.45, 2.75) is 13.5 Å². The Kier molecular flexibility index (Phi) is 4.90. The van der Waals surface area contributed by atoms with E-state index in [-0.39, 0.29) is 10.8 Å². The standard InChI is InChI=1S/C16H19N3O3S/c1-11(20)17-13-4-2-3-12(9-13)15-14(23-16(21)18-15)10-19-5-7-22-8-6-19/h2-4,9H,5-8,10H2,1H3,(H,17,20)(H,18,21). The molecule has 0 radical (unpaired) electrons. The Hall–Kier alpha value is -1.96. The van der Waals surface area contributed by atoms with Crippen LogP contribution in [0.3, 0.4) is 0 Å². The van der Waals surface area contributed by atoms with Crippen LogP contribution in [0.2, 0.25) is 0 Å². The predicted octanol–water partition coefficient (Wildman–Crippen LogP) is 1.89. The summed E-state index contributed by atoms with van der Waals surface area (Å²) < 4.78 is 5.36. The van der Waals surface area contributed by atoms with Crippen LogP contribution >= 0.6 is 11.3 Å². The fourth-order valence-corrected chi connectivity index (χ4v) is 3.52. The summed E-state index contributed by atoms with van der Waals surface area (Å²) in [6.45, 7) is 5.41. The summed E-state index contributed by atoms with van der Waals surface area (Å²) in [5.74, 6) is -0.116. The van der Waals surface area contributed by atoms with E-state index in [1.54, 1.807) is 0 Å². The molecule has 1 aliphatic heterocycles. The van der Waals surface area contributed by atoms with Crippen molar-refractivity contribution in [3.05, 3.63) is 38.8 Å². The lowest BCUT2D eigenvalue weighted by atomic mass is 10.1. The molecule has 1 aromatic carbocycles. The van der Waals surface area contributed by atoms with Crippen molar-refractivity contribution >= 4 is 22.9 Å². The third-order valence-corrected chi connectivity index (χ3v) is 4.53. The number of hydrogen-bond donors (Lipinski definition) is 2. The highest BCUT2D eigenvalue weighted by molar-refractivity contribution is 7.09. The minimum Gasteiger partial charge on any atom is -0.379 e. The van der Waals surface area contributed by atoms with E-state index in [0.29, 0.717) is 0 Å². The molecule has 122 valence electrons. The summed E-state index contributed by atoms with van der Waals surface area (Å²) in [5.41, 5.74) is 2.45. The number of ether oxygens (including phenoxy) is 1. The fourth-order valence-electron chi connectivity index (χ4n) is 2.62. The maximum Gasteiger partial charge on any atom is 0.305 e. The fraction of sp³-hybridized carbons (Fsp3) is 0.375. The largest absolute Gasteiger partial charge is 0.379 e. The van der Waals surface area contributed by atoms with Gasteiger partial charge in [-0.25, -0.2) is 0 Å². The molecule has 0 unspecified atom stereocenters. The Labute approximate surface area is 138 Å². The van der Waals surface area contributed by atoms with Gasteiger partial charge in [0, 0.05) is 42.7 Å². The number of nitrogens with one attached hydrogen (secondary N) is 2. The van der Waals surface area contributed by atoms with Crippen LogP contribution in [0.15, 0.2) is 29.1 Å². The van der Waals surface area contributed by atoms with Crippen molar-refractivity contribution in [2.24, 2.45) is 0 Å². The molecule has 3 rings (SSSR count). The first kappa shape index (κ1) is 15.9. The van der Waals surface area contributed by atoms with E-state index >= 15 is 0 Å². The molecule has 1 aliphatic rings. The summed E-state index contributed by atoms with van der Waals surface area (Å²) in [4.78, 5) is 29.2. The van der Waals surface area contributed by atoms with Gasteiger partial charge >= 0.3 is 4.87 Å². The maximum absolute atomic E-state index is 11.8. The van der Waals surface area contributed by atoms with Crippen molar-refractivity contribution in [2.75, 3.05) is 31.6 Å². The average Bonchev–Trinajstić information content (AvgIpc) is 2.88. The van der Waals surface area contributed by atoms with E-state index in [9.17, 15) is 9.59 Å². The summed E-state index contributed by atoms with van der Waals surface area (Å²) in [7, 11) is 0. The third kappa shape index (κ3) is 4.07. The molecule has 7 heteroatoms. The number of hydrogen-bond acceptors (Lipinski definition) is 5. The van der Waals surface area contributed by atoms with Crippen LogP contribution in [0.1, 0.15) is 11.8 Å². The number of amides is 1. The smallest absolute Gasteiger partial charge is 0.305 e. The Bertz CT molecular complexity index is 747. The first-order chi connectivity index (χ1) is 11.1.